The molecule has 0 aliphatic carbocycles. The van der Waals surface area contributed by atoms with Crippen LogP contribution >= 0.6 is 0 Å². The number of methoxy groups -OCH3 is 1. The minimum absolute atomic E-state index is 0.152. The molecule has 0 fully saturated rings. The van der Waals surface area contributed by atoms with Gasteiger partial charge in [-0.05, 0) is 41.5 Å². The first-order valence-corrected chi connectivity index (χ1v) is 7.42. The molecule has 0 bridgehead atoms. The molecule has 3 rings (SSSR count). The highest BCUT2D eigenvalue weighted by Gasteiger charge is 2.11. The van der Waals surface area contributed by atoms with Gasteiger partial charge in [-0.2, -0.15) is 0 Å². The number of hydrogen-bond acceptors (Lipinski definition) is 3. The van der Waals surface area contributed by atoms with Gasteiger partial charge in [-0.25, -0.2) is 4.79 Å². The van der Waals surface area contributed by atoms with E-state index < -0.39 is 5.97 Å². The van der Waals surface area contributed by atoms with Crippen LogP contribution in [-0.2, 0) is 0 Å². The first-order valence-electron chi connectivity index (χ1n) is 7.42. The lowest BCUT2D eigenvalue weighted by Gasteiger charge is -2.11. The molecule has 24 heavy (non-hydrogen) atoms. The number of carboxylic acids is 1. The minimum Gasteiger partial charge on any atom is -0.493 e. The Morgan fingerprint density at radius 3 is 2.12 bits per heavy atom. The summed E-state index contributed by atoms with van der Waals surface area (Å²) in [5, 5.41) is 9.03. The van der Waals surface area contributed by atoms with Crippen LogP contribution in [0.2, 0.25) is 0 Å². The van der Waals surface area contributed by atoms with Crippen molar-refractivity contribution < 1.29 is 19.4 Å². The highest BCUT2D eigenvalue weighted by Crippen LogP contribution is 2.33. The molecule has 0 saturated carbocycles. The second-order valence-electron chi connectivity index (χ2n) is 5.16. The van der Waals surface area contributed by atoms with Gasteiger partial charge in [0.1, 0.15) is 5.75 Å². The summed E-state index contributed by atoms with van der Waals surface area (Å²) in [6.07, 6.45) is 0. The summed E-state index contributed by atoms with van der Waals surface area (Å²) in [6, 6.07) is 22.3. The molecule has 3 aromatic carbocycles. The number of rotatable bonds is 5. The van der Waals surface area contributed by atoms with Gasteiger partial charge in [-0.3, -0.25) is 0 Å². The van der Waals surface area contributed by atoms with Gasteiger partial charge in [0.25, 0.3) is 0 Å². The van der Waals surface area contributed by atoms with Crippen LogP contribution in [-0.4, -0.2) is 18.2 Å². The Labute approximate surface area is 139 Å². The molecule has 0 unspecified atom stereocenters. The van der Waals surface area contributed by atoms with E-state index in [2.05, 4.69) is 0 Å². The van der Waals surface area contributed by atoms with E-state index in [1.807, 2.05) is 54.6 Å². The topological polar surface area (TPSA) is 55.8 Å². The van der Waals surface area contributed by atoms with E-state index in [0.29, 0.717) is 17.2 Å². The quantitative estimate of drug-likeness (QED) is 0.730. The Balaban J connectivity index is 1.83. The lowest BCUT2D eigenvalue weighted by Crippen LogP contribution is -1.98. The fourth-order valence-electron chi connectivity index (χ4n) is 2.36. The molecule has 0 atom stereocenters. The predicted molar refractivity (Wildman–Crippen MR) is 91.9 cm³/mol. The first-order chi connectivity index (χ1) is 11.7. The zero-order chi connectivity index (χ0) is 16.9. The van der Waals surface area contributed by atoms with Crippen molar-refractivity contribution in [3.8, 4) is 28.4 Å². The van der Waals surface area contributed by atoms with Gasteiger partial charge in [0, 0.05) is 0 Å². The Morgan fingerprint density at radius 2 is 1.50 bits per heavy atom. The molecule has 0 radical (unpaired) electrons. The van der Waals surface area contributed by atoms with E-state index in [4.69, 9.17) is 14.6 Å². The van der Waals surface area contributed by atoms with Gasteiger partial charge in [-0.1, -0.05) is 42.5 Å². The van der Waals surface area contributed by atoms with E-state index in [1.54, 1.807) is 6.07 Å². The van der Waals surface area contributed by atoms with Crippen molar-refractivity contribution in [2.24, 2.45) is 0 Å². The second kappa shape index (κ2) is 6.87. The van der Waals surface area contributed by atoms with Crippen LogP contribution in [0, 0.1) is 0 Å². The predicted octanol–water partition coefficient (Wildman–Crippen LogP) is 4.85. The van der Waals surface area contributed by atoms with Crippen LogP contribution in [0.3, 0.4) is 0 Å². The maximum absolute atomic E-state index is 11.0. The van der Waals surface area contributed by atoms with E-state index in [0.717, 1.165) is 11.1 Å². The van der Waals surface area contributed by atoms with Crippen molar-refractivity contribution in [3.63, 3.8) is 0 Å². The van der Waals surface area contributed by atoms with Gasteiger partial charge >= 0.3 is 5.97 Å². The van der Waals surface area contributed by atoms with E-state index in [9.17, 15) is 4.79 Å². The average Bonchev–Trinajstić information content (AvgIpc) is 2.63. The Kier molecular flexibility index (Phi) is 4.47. The molecule has 0 aromatic heterocycles. The van der Waals surface area contributed by atoms with Crippen LogP contribution in [0.25, 0.3) is 11.1 Å². The lowest BCUT2D eigenvalue weighted by atomic mass is 10.1. The van der Waals surface area contributed by atoms with Crippen molar-refractivity contribution in [3.05, 3.63) is 78.4 Å². The SMILES string of the molecule is COc1cc(C(=O)O)ccc1Oc1ccc(-c2ccccc2)cc1. The van der Waals surface area contributed by atoms with Crippen LogP contribution in [0.1, 0.15) is 10.4 Å². The fraction of sp³-hybridized carbons (Fsp3) is 0.0500. The molecule has 0 amide bonds. The monoisotopic (exact) mass is 320 g/mol. The standard InChI is InChI=1S/C20H16O4/c1-23-19-13-16(20(21)22)9-12-18(19)24-17-10-7-15(8-11-17)14-5-3-2-4-6-14/h2-13H,1H3,(H,21,22). The first kappa shape index (κ1) is 15.6. The van der Waals surface area contributed by atoms with Crippen molar-refractivity contribution in [2.75, 3.05) is 7.11 Å². The van der Waals surface area contributed by atoms with Crippen molar-refractivity contribution in [1.29, 1.82) is 0 Å². The summed E-state index contributed by atoms with van der Waals surface area (Å²) in [5.74, 6) is 0.486. The third-order valence-electron chi connectivity index (χ3n) is 3.60. The smallest absolute Gasteiger partial charge is 0.335 e. The molecular formula is C20H16O4. The molecule has 0 heterocycles. The normalized spacial score (nSPS) is 10.2. The molecule has 0 saturated heterocycles. The summed E-state index contributed by atoms with van der Waals surface area (Å²) < 4.78 is 11.0. The van der Waals surface area contributed by atoms with Crippen molar-refractivity contribution in [2.45, 2.75) is 0 Å². The van der Waals surface area contributed by atoms with Crippen LogP contribution in [0.5, 0.6) is 17.2 Å². The number of hydrogen-bond donors (Lipinski definition) is 1. The van der Waals surface area contributed by atoms with E-state index in [1.165, 1.54) is 19.2 Å². The van der Waals surface area contributed by atoms with Crippen LogP contribution in [0.15, 0.2) is 72.8 Å². The highest BCUT2D eigenvalue weighted by atomic mass is 16.5. The maximum Gasteiger partial charge on any atom is 0.335 e. The molecule has 0 spiro atoms. The van der Waals surface area contributed by atoms with Crippen molar-refractivity contribution >= 4 is 5.97 Å². The zero-order valence-corrected chi connectivity index (χ0v) is 13.1. The summed E-state index contributed by atoms with van der Waals surface area (Å²) in [6.45, 7) is 0. The summed E-state index contributed by atoms with van der Waals surface area (Å²) in [4.78, 5) is 11.0. The number of carboxylic acid groups (broad SMARTS) is 1. The number of benzene rings is 3. The number of aromatic carboxylic acids is 1. The molecular weight excluding hydrogens is 304 g/mol. The molecule has 120 valence electrons. The van der Waals surface area contributed by atoms with Crippen LogP contribution < -0.4 is 9.47 Å². The fourth-order valence-corrected chi connectivity index (χ4v) is 2.36. The largest absolute Gasteiger partial charge is 0.493 e. The maximum atomic E-state index is 11.0. The van der Waals surface area contributed by atoms with Crippen LogP contribution in [0.4, 0.5) is 0 Å². The summed E-state index contributed by atoms with van der Waals surface area (Å²) in [7, 11) is 1.48. The molecule has 4 nitrogen and oxygen atoms in total. The third-order valence-corrected chi connectivity index (χ3v) is 3.60. The second-order valence-corrected chi connectivity index (χ2v) is 5.16. The average molecular weight is 320 g/mol. The van der Waals surface area contributed by atoms with Gasteiger partial charge in [0.05, 0.1) is 12.7 Å². The summed E-state index contributed by atoms with van der Waals surface area (Å²) in [5.41, 5.74) is 2.38. The number of ether oxygens (including phenoxy) is 2. The molecule has 1 N–H and O–H groups in total. The Hall–Kier alpha value is -3.27. The highest BCUT2D eigenvalue weighted by molar-refractivity contribution is 5.88. The minimum atomic E-state index is -1.01. The molecule has 0 aliphatic heterocycles. The van der Waals surface area contributed by atoms with E-state index >= 15 is 0 Å². The molecule has 0 aliphatic rings. The Bertz CT molecular complexity index is 839. The molecule has 3 aromatic rings. The van der Waals surface area contributed by atoms with Gasteiger partial charge < -0.3 is 14.6 Å². The lowest BCUT2D eigenvalue weighted by molar-refractivity contribution is 0.0696. The zero-order valence-electron chi connectivity index (χ0n) is 13.1. The van der Waals surface area contributed by atoms with Gasteiger partial charge in [0.2, 0.25) is 0 Å². The van der Waals surface area contributed by atoms with Gasteiger partial charge in [-0.15, -0.1) is 0 Å². The van der Waals surface area contributed by atoms with E-state index in [-0.39, 0.29) is 5.56 Å². The Morgan fingerprint density at radius 1 is 0.833 bits per heavy atom. The number of carbonyl (C=O) groups is 1. The third kappa shape index (κ3) is 3.38. The van der Waals surface area contributed by atoms with Gasteiger partial charge in [0.15, 0.2) is 11.5 Å². The van der Waals surface area contributed by atoms with Crippen molar-refractivity contribution in [1.82, 2.24) is 0 Å². The summed E-state index contributed by atoms with van der Waals surface area (Å²) >= 11 is 0. The molecule has 4 heteroatoms.